The first-order valence-electron chi connectivity index (χ1n) is 6.73. The number of unbranched alkanes of at least 4 members (excludes halogenated alkanes) is 2. The van der Waals surface area contributed by atoms with Crippen LogP contribution in [0.4, 0.5) is 4.79 Å². The summed E-state index contributed by atoms with van der Waals surface area (Å²) in [6.07, 6.45) is 3.51. The Hall–Kier alpha value is -1.26. The van der Waals surface area contributed by atoms with Crippen LogP contribution in [-0.2, 0) is 4.79 Å². The Morgan fingerprint density at radius 3 is 2.22 bits per heavy atom. The maximum Gasteiger partial charge on any atom is 0.326 e. The molecule has 0 aromatic carbocycles. The number of nitrogens with zero attached hydrogens (tertiary/aromatic N) is 1. The first kappa shape index (κ1) is 16.7. The molecule has 106 valence electrons. The fourth-order valence-corrected chi connectivity index (χ4v) is 1.70. The molecule has 0 aliphatic carbocycles. The van der Waals surface area contributed by atoms with E-state index in [2.05, 4.69) is 12.2 Å². The average molecular weight is 258 g/mol. The standard InChI is InChI=1S/C13H26N2O3/c1-5-7-8-9-15(10(3)4)13(18)14-11(6-2)12(16)17/h10-11H,5-9H2,1-4H3,(H,14,18)(H,16,17)/t11-/m1/s1. The number of carbonyl (C=O) groups excluding carboxylic acids is 1. The maximum atomic E-state index is 12.0. The van der Waals surface area contributed by atoms with Gasteiger partial charge in [-0.1, -0.05) is 26.7 Å². The number of carboxylic acids is 1. The number of aliphatic carboxylic acids is 1. The van der Waals surface area contributed by atoms with Gasteiger partial charge in [0, 0.05) is 12.6 Å². The Morgan fingerprint density at radius 1 is 1.22 bits per heavy atom. The van der Waals surface area contributed by atoms with Gasteiger partial charge in [-0.3, -0.25) is 0 Å². The third kappa shape index (κ3) is 5.89. The molecule has 0 saturated heterocycles. The van der Waals surface area contributed by atoms with E-state index >= 15 is 0 Å². The van der Waals surface area contributed by atoms with E-state index in [4.69, 9.17) is 5.11 Å². The Bertz CT molecular complexity index is 267. The van der Waals surface area contributed by atoms with Crippen LogP contribution in [0.2, 0.25) is 0 Å². The van der Waals surface area contributed by atoms with Gasteiger partial charge < -0.3 is 15.3 Å². The van der Waals surface area contributed by atoms with Crippen molar-refractivity contribution in [2.45, 2.75) is 65.5 Å². The first-order chi connectivity index (χ1) is 8.43. The molecule has 0 saturated carbocycles. The highest BCUT2D eigenvalue weighted by Gasteiger charge is 2.22. The van der Waals surface area contributed by atoms with Crippen molar-refractivity contribution >= 4 is 12.0 Å². The predicted octanol–water partition coefficient (Wildman–Crippen LogP) is 2.46. The van der Waals surface area contributed by atoms with Crippen molar-refractivity contribution in [3.8, 4) is 0 Å². The monoisotopic (exact) mass is 258 g/mol. The number of hydrogen-bond donors (Lipinski definition) is 2. The van der Waals surface area contributed by atoms with E-state index in [0.717, 1.165) is 19.3 Å². The summed E-state index contributed by atoms with van der Waals surface area (Å²) in [4.78, 5) is 24.6. The lowest BCUT2D eigenvalue weighted by molar-refractivity contribution is -0.139. The summed E-state index contributed by atoms with van der Waals surface area (Å²) < 4.78 is 0. The van der Waals surface area contributed by atoms with Crippen LogP contribution >= 0.6 is 0 Å². The molecule has 0 aliphatic rings. The Morgan fingerprint density at radius 2 is 1.83 bits per heavy atom. The van der Waals surface area contributed by atoms with E-state index in [1.807, 2.05) is 13.8 Å². The van der Waals surface area contributed by atoms with Crippen molar-refractivity contribution in [3.63, 3.8) is 0 Å². The molecule has 0 fully saturated rings. The smallest absolute Gasteiger partial charge is 0.326 e. The molecule has 0 aromatic rings. The van der Waals surface area contributed by atoms with Crippen molar-refractivity contribution in [2.75, 3.05) is 6.54 Å². The summed E-state index contributed by atoms with van der Waals surface area (Å²) in [5, 5.41) is 11.5. The van der Waals surface area contributed by atoms with Crippen LogP contribution in [0.3, 0.4) is 0 Å². The molecule has 1 atom stereocenters. The molecular weight excluding hydrogens is 232 g/mol. The molecule has 18 heavy (non-hydrogen) atoms. The van der Waals surface area contributed by atoms with Gasteiger partial charge in [0.1, 0.15) is 6.04 Å². The Kier molecular flexibility index (Phi) is 8.16. The van der Waals surface area contributed by atoms with Crippen LogP contribution in [0.1, 0.15) is 53.4 Å². The van der Waals surface area contributed by atoms with Gasteiger partial charge in [-0.25, -0.2) is 9.59 Å². The van der Waals surface area contributed by atoms with Crippen LogP contribution in [0.15, 0.2) is 0 Å². The van der Waals surface area contributed by atoms with Crippen LogP contribution in [-0.4, -0.2) is 40.6 Å². The van der Waals surface area contributed by atoms with Crippen LogP contribution in [0.5, 0.6) is 0 Å². The number of carbonyl (C=O) groups is 2. The van der Waals surface area contributed by atoms with Gasteiger partial charge in [0.25, 0.3) is 0 Å². The van der Waals surface area contributed by atoms with Gasteiger partial charge >= 0.3 is 12.0 Å². The molecule has 0 aromatic heterocycles. The Balaban J connectivity index is 4.42. The molecule has 0 spiro atoms. The van der Waals surface area contributed by atoms with Crippen molar-refractivity contribution in [3.05, 3.63) is 0 Å². The van der Waals surface area contributed by atoms with E-state index in [-0.39, 0.29) is 12.1 Å². The second-order valence-corrected chi connectivity index (χ2v) is 4.74. The quantitative estimate of drug-likeness (QED) is 0.657. The van der Waals surface area contributed by atoms with Crippen molar-refractivity contribution in [2.24, 2.45) is 0 Å². The van der Waals surface area contributed by atoms with E-state index in [9.17, 15) is 9.59 Å². The Labute approximate surface area is 110 Å². The number of carboxylic acid groups (broad SMARTS) is 1. The van der Waals surface area contributed by atoms with Crippen LogP contribution < -0.4 is 5.32 Å². The van der Waals surface area contributed by atoms with E-state index in [1.54, 1.807) is 11.8 Å². The van der Waals surface area contributed by atoms with Gasteiger partial charge in [-0.15, -0.1) is 0 Å². The SMILES string of the molecule is CCCCCN(C(=O)N[C@H](CC)C(=O)O)C(C)C. The normalized spacial score (nSPS) is 12.3. The minimum Gasteiger partial charge on any atom is -0.480 e. The van der Waals surface area contributed by atoms with Crippen LogP contribution in [0, 0.1) is 0 Å². The van der Waals surface area contributed by atoms with Crippen molar-refractivity contribution < 1.29 is 14.7 Å². The van der Waals surface area contributed by atoms with E-state index in [0.29, 0.717) is 13.0 Å². The predicted molar refractivity (Wildman–Crippen MR) is 71.6 cm³/mol. The van der Waals surface area contributed by atoms with Gasteiger partial charge in [-0.2, -0.15) is 0 Å². The van der Waals surface area contributed by atoms with Gasteiger partial charge in [0.15, 0.2) is 0 Å². The third-order valence-electron chi connectivity index (χ3n) is 2.89. The highest BCUT2D eigenvalue weighted by molar-refractivity contribution is 5.82. The second kappa shape index (κ2) is 8.78. The molecule has 0 bridgehead atoms. The van der Waals surface area contributed by atoms with Crippen molar-refractivity contribution in [1.29, 1.82) is 0 Å². The summed E-state index contributed by atoms with van der Waals surface area (Å²) in [6, 6.07) is -1.01. The lowest BCUT2D eigenvalue weighted by Gasteiger charge is -2.28. The molecule has 2 N–H and O–H groups in total. The average Bonchev–Trinajstić information content (AvgIpc) is 2.30. The van der Waals surface area contributed by atoms with Crippen molar-refractivity contribution in [1.82, 2.24) is 10.2 Å². The molecule has 5 heteroatoms. The molecule has 0 rings (SSSR count). The first-order valence-corrected chi connectivity index (χ1v) is 6.73. The zero-order valence-electron chi connectivity index (χ0n) is 11.9. The lowest BCUT2D eigenvalue weighted by Crippen LogP contribution is -2.50. The molecule has 0 radical (unpaired) electrons. The fraction of sp³-hybridized carbons (Fsp3) is 0.846. The summed E-state index contributed by atoms with van der Waals surface area (Å²) in [5.41, 5.74) is 0. The van der Waals surface area contributed by atoms with Gasteiger partial charge in [0.2, 0.25) is 0 Å². The summed E-state index contributed by atoms with van der Waals surface area (Å²) in [7, 11) is 0. The summed E-state index contributed by atoms with van der Waals surface area (Å²) >= 11 is 0. The highest BCUT2D eigenvalue weighted by atomic mass is 16.4. The van der Waals surface area contributed by atoms with Gasteiger partial charge in [-0.05, 0) is 26.7 Å². The maximum absolute atomic E-state index is 12.0. The van der Waals surface area contributed by atoms with Gasteiger partial charge in [0.05, 0.1) is 0 Å². The summed E-state index contributed by atoms with van der Waals surface area (Å²) in [5.74, 6) is -0.983. The number of hydrogen-bond acceptors (Lipinski definition) is 2. The zero-order chi connectivity index (χ0) is 14.1. The highest BCUT2D eigenvalue weighted by Crippen LogP contribution is 2.05. The summed E-state index contributed by atoms with van der Waals surface area (Å²) in [6.45, 7) is 8.40. The lowest BCUT2D eigenvalue weighted by atomic mass is 10.2. The zero-order valence-corrected chi connectivity index (χ0v) is 11.9. The molecule has 2 amide bonds. The second-order valence-electron chi connectivity index (χ2n) is 4.74. The molecule has 0 heterocycles. The number of urea groups is 1. The largest absolute Gasteiger partial charge is 0.480 e. The fourth-order valence-electron chi connectivity index (χ4n) is 1.70. The number of nitrogens with one attached hydrogen (secondary N) is 1. The van der Waals surface area contributed by atoms with E-state index in [1.165, 1.54) is 0 Å². The molecule has 0 aliphatic heterocycles. The third-order valence-corrected chi connectivity index (χ3v) is 2.89. The minimum atomic E-state index is -0.983. The minimum absolute atomic E-state index is 0.0770. The van der Waals surface area contributed by atoms with Crippen LogP contribution in [0.25, 0.3) is 0 Å². The topological polar surface area (TPSA) is 69.6 Å². The van der Waals surface area contributed by atoms with E-state index < -0.39 is 12.0 Å². The number of rotatable bonds is 8. The molecule has 5 nitrogen and oxygen atoms in total. The molecule has 0 unspecified atom stereocenters. The molecular formula is C13H26N2O3. The number of amides is 2.